The van der Waals surface area contributed by atoms with Gasteiger partial charge in [-0.15, -0.1) is 0 Å². The molecule has 0 radical (unpaired) electrons. The molecule has 5 nitrogen and oxygen atoms in total. The largest absolute Gasteiger partial charge is 0.478 e. The van der Waals surface area contributed by atoms with Crippen LogP contribution in [-0.2, 0) is 6.54 Å². The fraction of sp³-hybridized carbons (Fsp3) is 0.273. The minimum atomic E-state index is 0.452. The highest BCUT2D eigenvalue weighted by atomic mass is 16.5. The molecule has 0 amide bonds. The van der Waals surface area contributed by atoms with E-state index in [1.165, 1.54) is 0 Å². The second kappa shape index (κ2) is 4.76. The van der Waals surface area contributed by atoms with Gasteiger partial charge in [-0.3, -0.25) is 0 Å². The van der Waals surface area contributed by atoms with Gasteiger partial charge in [-0.25, -0.2) is 9.97 Å². The first kappa shape index (κ1) is 10.6. The van der Waals surface area contributed by atoms with Crippen molar-refractivity contribution in [1.82, 2.24) is 14.5 Å². The summed E-state index contributed by atoms with van der Waals surface area (Å²) in [6.07, 6.45) is 5.21. The number of ether oxygens (including phenoxy) is 1. The fourth-order valence-corrected chi connectivity index (χ4v) is 1.45. The van der Waals surface area contributed by atoms with Crippen LogP contribution in [0.4, 0.5) is 0 Å². The van der Waals surface area contributed by atoms with Crippen molar-refractivity contribution in [1.29, 1.82) is 0 Å². The Labute approximate surface area is 93.9 Å². The number of hydrogen-bond acceptors (Lipinski definition) is 4. The molecular formula is C11H14N4O. The van der Waals surface area contributed by atoms with Crippen molar-refractivity contribution >= 4 is 0 Å². The third-order valence-electron chi connectivity index (χ3n) is 2.22. The number of rotatable bonds is 4. The molecule has 0 aliphatic carbocycles. The monoisotopic (exact) mass is 218 g/mol. The lowest BCUT2D eigenvalue weighted by molar-refractivity contribution is 0.327. The summed E-state index contributed by atoms with van der Waals surface area (Å²) in [5.41, 5.74) is 7.49. The molecule has 2 aromatic heterocycles. The van der Waals surface area contributed by atoms with E-state index in [1.54, 1.807) is 18.7 Å². The summed E-state index contributed by atoms with van der Waals surface area (Å²) in [7, 11) is 0. The summed E-state index contributed by atoms with van der Waals surface area (Å²) in [6.45, 7) is 3.00. The van der Waals surface area contributed by atoms with Gasteiger partial charge < -0.3 is 15.0 Å². The van der Waals surface area contributed by atoms with E-state index in [0.29, 0.717) is 19.0 Å². The predicted molar refractivity (Wildman–Crippen MR) is 60.4 cm³/mol. The number of imidazole rings is 1. The molecule has 0 spiro atoms. The van der Waals surface area contributed by atoms with Gasteiger partial charge in [0.2, 0.25) is 5.88 Å². The molecule has 2 aromatic rings. The van der Waals surface area contributed by atoms with E-state index in [0.717, 1.165) is 11.4 Å². The molecule has 0 aliphatic heterocycles. The number of nitrogens with zero attached hydrogens (tertiary/aromatic N) is 3. The number of pyridine rings is 1. The van der Waals surface area contributed by atoms with Crippen LogP contribution in [0, 0.1) is 0 Å². The minimum absolute atomic E-state index is 0.452. The summed E-state index contributed by atoms with van der Waals surface area (Å²) in [4.78, 5) is 8.24. The number of hydrogen-bond donors (Lipinski definition) is 1. The Morgan fingerprint density at radius 3 is 2.88 bits per heavy atom. The molecule has 2 N–H and O–H groups in total. The van der Waals surface area contributed by atoms with Gasteiger partial charge in [0.1, 0.15) is 0 Å². The van der Waals surface area contributed by atoms with E-state index in [4.69, 9.17) is 10.5 Å². The van der Waals surface area contributed by atoms with Crippen LogP contribution in [0.15, 0.2) is 30.9 Å². The number of aromatic nitrogens is 3. The average molecular weight is 218 g/mol. The van der Waals surface area contributed by atoms with Crippen molar-refractivity contribution in [3.63, 3.8) is 0 Å². The second-order valence-electron chi connectivity index (χ2n) is 3.25. The molecule has 0 saturated heterocycles. The molecular weight excluding hydrogens is 204 g/mol. The molecule has 2 rings (SSSR count). The van der Waals surface area contributed by atoms with Crippen LogP contribution in [-0.4, -0.2) is 21.1 Å². The van der Waals surface area contributed by atoms with Crippen molar-refractivity contribution in [2.75, 3.05) is 6.61 Å². The van der Waals surface area contributed by atoms with E-state index in [1.807, 2.05) is 23.6 Å². The topological polar surface area (TPSA) is 66.0 Å². The van der Waals surface area contributed by atoms with Gasteiger partial charge >= 0.3 is 0 Å². The molecule has 0 fully saturated rings. The molecule has 16 heavy (non-hydrogen) atoms. The Balaban J connectivity index is 2.27. The lowest BCUT2D eigenvalue weighted by Gasteiger charge is -2.07. The summed E-state index contributed by atoms with van der Waals surface area (Å²) >= 11 is 0. The predicted octanol–water partition coefficient (Wildman–Crippen LogP) is 1.12. The summed E-state index contributed by atoms with van der Waals surface area (Å²) in [5, 5.41) is 0. The average Bonchev–Trinajstić information content (AvgIpc) is 2.78. The van der Waals surface area contributed by atoms with Gasteiger partial charge in [0, 0.05) is 18.8 Å². The maximum absolute atomic E-state index is 5.60. The third-order valence-corrected chi connectivity index (χ3v) is 2.22. The zero-order chi connectivity index (χ0) is 11.4. The molecule has 0 unspecified atom stereocenters. The molecule has 84 valence electrons. The first-order chi connectivity index (χ1) is 7.85. The van der Waals surface area contributed by atoms with Crippen LogP contribution in [0.2, 0.25) is 0 Å². The SMILES string of the molecule is CCOc1ccc(-n2cncc2CN)cn1. The zero-order valence-electron chi connectivity index (χ0n) is 9.13. The van der Waals surface area contributed by atoms with Crippen molar-refractivity contribution in [2.24, 2.45) is 5.73 Å². The minimum Gasteiger partial charge on any atom is -0.478 e. The Kier molecular flexibility index (Phi) is 3.16. The lowest BCUT2D eigenvalue weighted by atomic mass is 10.4. The smallest absolute Gasteiger partial charge is 0.213 e. The van der Waals surface area contributed by atoms with Crippen LogP contribution in [0.25, 0.3) is 5.69 Å². The van der Waals surface area contributed by atoms with Gasteiger partial charge in [-0.2, -0.15) is 0 Å². The van der Waals surface area contributed by atoms with Crippen LogP contribution < -0.4 is 10.5 Å². The maximum Gasteiger partial charge on any atom is 0.213 e. The normalized spacial score (nSPS) is 10.4. The van der Waals surface area contributed by atoms with Gasteiger partial charge in [0.15, 0.2) is 0 Å². The highest BCUT2D eigenvalue weighted by molar-refractivity contribution is 5.33. The van der Waals surface area contributed by atoms with E-state index in [2.05, 4.69) is 9.97 Å². The standard InChI is InChI=1S/C11H14N4O/c1-2-16-11-4-3-9(7-14-11)15-8-13-6-10(15)5-12/h3-4,6-8H,2,5,12H2,1H3. The molecule has 0 atom stereocenters. The molecule has 0 saturated carbocycles. The molecule has 0 aliphatic rings. The van der Waals surface area contributed by atoms with Crippen LogP contribution in [0.3, 0.4) is 0 Å². The first-order valence-corrected chi connectivity index (χ1v) is 5.15. The van der Waals surface area contributed by atoms with Crippen molar-refractivity contribution in [3.8, 4) is 11.6 Å². The molecule has 0 aromatic carbocycles. The van der Waals surface area contributed by atoms with E-state index < -0.39 is 0 Å². The molecule has 0 bridgehead atoms. The fourth-order valence-electron chi connectivity index (χ4n) is 1.45. The van der Waals surface area contributed by atoms with Crippen LogP contribution in [0.1, 0.15) is 12.6 Å². The third kappa shape index (κ3) is 2.04. The highest BCUT2D eigenvalue weighted by Gasteiger charge is 2.03. The zero-order valence-corrected chi connectivity index (χ0v) is 9.13. The first-order valence-electron chi connectivity index (χ1n) is 5.15. The highest BCUT2D eigenvalue weighted by Crippen LogP contribution is 2.13. The van der Waals surface area contributed by atoms with Crippen molar-refractivity contribution < 1.29 is 4.74 Å². The quantitative estimate of drug-likeness (QED) is 0.835. The van der Waals surface area contributed by atoms with Crippen molar-refractivity contribution in [2.45, 2.75) is 13.5 Å². The maximum atomic E-state index is 5.60. The summed E-state index contributed by atoms with van der Waals surface area (Å²) < 4.78 is 7.18. The number of nitrogens with two attached hydrogens (primary N) is 1. The Bertz CT molecular complexity index is 449. The van der Waals surface area contributed by atoms with Crippen LogP contribution >= 0.6 is 0 Å². The van der Waals surface area contributed by atoms with Gasteiger partial charge in [0.25, 0.3) is 0 Å². The Hall–Kier alpha value is -1.88. The molecule has 2 heterocycles. The van der Waals surface area contributed by atoms with E-state index in [-0.39, 0.29) is 0 Å². The van der Waals surface area contributed by atoms with E-state index in [9.17, 15) is 0 Å². The van der Waals surface area contributed by atoms with Crippen molar-refractivity contribution in [3.05, 3.63) is 36.5 Å². The summed E-state index contributed by atoms with van der Waals surface area (Å²) in [6, 6.07) is 3.76. The van der Waals surface area contributed by atoms with Gasteiger partial charge in [0.05, 0.1) is 30.5 Å². The Morgan fingerprint density at radius 1 is 1.38 bits per heavy atom. The summed E-state index contributed by atoms with van der Waals surface area (Å²) in [5.74, 6) is 0.626. The van der Waals surface area contributed by atoms with Gasteiger partial charge in [-0.05, 0) is 13.0 Å². The van der Waals surface area contributed by atoms with Crippen LogP contribution in [0.5, 0.6) is 5.88 Å². The molecule has 5 heteroatoms. The van der Waals surface area contributed by atoms with E-state index >= 15 is 0 Å². The second-order valence-corrected chi connectivity index (χ2v) is 3.25. The lowest BCUT2D eigenvalue weighted by Crippen LogP contribution is -2.05. The van der Waals surface area contributed by atoms with Gasteiger partial charge in [-0.1, -0.05) is 0 Å². The Morgan fingerprint density at radius 2 is 2.25 bits per heavy atom.